The molecule has 2 aliphatic rings. The number of likely N-dealkylation sites (tertiary alicyclic amines) is 1. The van der Waals surface area contributed by atoms with Gasteiger partial charge in [0.1, 0.15) is 17.7 Å². The molecule has 2 amide bonds. The summed E-state index contributed by atoms with van der Waals surface area (Å²) < 4.78 is 28.8. The molecule has 0 bridgehead atoms. The van der Waals surface area contributed by atoms with Crippen LogP contribution in [-0.2, 0) is 0 Å². The molecular weight excluding hydrogens is 366 g/mol. The van der Waals surface area contributed by atoms with E-state index in [4.69, 9.17) is 0 Å². The van der Waals surface area contributed by atoms with E-state index in [1.54, 1.807) is 12.4 Å². The molecular formula is C19H18F2N6O. The normalized spacial score (nSPS) is 19.4. The zero-order valence-electron chi connectivity index (χ0n) is 14.9. The Balaban J connectivity index is 1.42. The van der Waals surface area contributed by atoms with E-state index in [0.29, 0.717) is 17.4 Å². The van der Waals surface area contributed by atoms with Crippen LogP contribution in [0.4, 0.5) is 19.3 Å². The fraction of sp³-hybridized carbons (Fsp3) is 0.316. The molecule has 0 spiro atoms. The fourth-order valence-electron chi connectivity index (χ4n) is 3.38. The van der Waals surface area contributed by atoms with Crippen molar-refractivity contribution in [2.45, 2.75) is 18.6 Å². The first-order valence-electron chi connectivity index (χ1n) is 9.15. The monoisotopic (exact) mass is 384 g/mol. The third-order valence-corrected chi connectivity index (χ3v) is 5.17. The van der Waals surface area contributed by atoms with Gasteiger partial charge in [-0.2, -0.15) is 0 Å². The predicted octanol–water partition coefficient (Wildman–Crippen LogP) is 2.78. The molecule has 1 atom stereocenters. The van der Waals surface area contributed by atoms with Gasteiger partial charge in [0, 0.05) is 29.5 Å². The Morgan fingerprint density at radius 3 is 2.82 bits per heavy atom. The first kappa shape index (κ1) is 17.1. The summed E-state index contributed by atoms with van der Waals surface area (Å²) in [5.41, 5.74) is 2.22. The molecule has 9 heteroatoms. The lowest BCUT2D eigenvalue weighted by Crippen LogP contribution is -2.53. The Morgan fingerprint density at radius 2 is 2.11 bits per heavy atom. The lowest BCUT2D eigenvalue weighted by molar-refractivity contribution is 0.0974. The van der Waals surface area contributed by atoms with Crippen molar-refractivity contribution < 1.29 is 13.6 Å². The van der Waals surface area contributed by atoms with Crippen LogP contribution in [0.25, 0.3) is 16.7 Å². The molecule has 7 nitrogen and oxygen atoms in total. The minimum absolute atomic E-state index is 0.0777. The predicted molar refractivity (Wildman–Crippen MR) is 99.7 cm³/mol. The number of nitrogens with one attached hydrogen (secondary N) is 2. The van der Waals surface area contributed by atoms with Crippen LogP contribution in [0.3, 0.4) is 0 Å². The number of alkyl halides is 1. The minimum Gasteiger partial charge on any atom is -0.319 e. The highest BCUT2D eigenvalue weighted by molar-refractivity contribution is 5.90. The molecule has 3 aromatic rings. The number of nitrogens with zero attached hydrogens (tertiary/aromatic N) is 4. The summed E-state index contributed by atoms with van der Waals surface area (Å²) in [6.07, 6.45) is 3.60. The Morgan fingerprint density at radius 1 is 1.29 bits per heavy atom. The van der Waals surface area contributed by atoms with E-state index in [0.717, 1.165) is 23.9 Å². The molecule has 1 unspecified atom stereocenters. The summed E-state index contributed by atoms with van der Waals surface area (Å²) in [5, 5.41) is 11.2. The van der Waals surface area contributed by atoms with Crippen molar-refractivity contribution in [2.24, 2.45) is 0 Å². The van der Waals surface area contributed by atoms with E-state index in [-0.39, 0.29) is 18.8 Å². The number of pyridine rings is 1. The van der Waals surface area contributed by atoms with Crippen molar-refractivity contribution in [1.29, 1.82) is 0 Å². The van der Waals surface area contributed by atoms with Crippen LogP contribution in [0.1, 0.15) is 18.0 Å². The SMILES string of the molecule is O=C(Nc1ccc(F)c(-n2cc3cc(C4CCN4)cnc3n2)c1)N1CC(F)C1. The standard InChI is InChI=1S/C19H18F2N6O/c20-13-9-26(10-13)19(28)24-14-1-2-15(21)17(6-14)27-8-12-5-11(16-3-4-22-16)7-23-18(12)25-27/h1-2,5-8,13,16,22H,3-4,9-10H2,(H,24,28). The molecule has 28 heavy (non-hydrogen) atoms. The number of amides is 2. The van der Waals surface area contributed by atoms with E-state index in [1.165, 1.54) is 27.8 Å². The van der Waals surface area contributed by atoms with Gasteiger partial charge in [0.25, 0.3) is 0 Å². The number of anilines is 1. The second-order valence-electron chi connectivity index (χ2n) is 7.15. The van der Waals surface area contributed by atoms with Crippen LogP contribution in [0, 0.1) is 5.82 Å². The van der Waals surface area contributed by atoms with Gasteiger partial charge in [0.05, 0.1) is 13.1 Å². The van der Waals surface area contributed by atoms with Gasteiger partial charge in [-0.15, -0.1) is 5.10 Å². The first-order valence-corrected chi connectivity index (χ1v) is 9.15. The lowest BCUT2D eigenvalue weighted by atomic mass is 9.99. The van der Waals surface area contributed by atoms with E-state index in [9.17, 15) is 13.6 Å². The van der Waals surface area contributed by atoms with Gasteiger partial charge in [-0.25, -0.2) is 23.2 Å². The highest BCUT2D eigenvalue weighted by Crippen LogP contribution is 2.26. The van der Waals surface area contributed by atoms with E-state index in [2.05, 4.69) is 20.7 Å². The van der Waals surface area contributed by atoms with Crippen LogP contribution in [0.2, 0.25) is 0 Å². The fourth-order valence-corrected chi connectivity index (χ4v) is 3.38. The third kappa shape index (κ3) is 2.97. The molecule has 2 N–H and O–H groups in total. The number of halogens is 2. The Bertz CT molecular complexity index is 1060. The second kappa shape index (κ2) is 6.52. The molecule has 144 valence electrons. The molecule has 0 saturated carbocycles. The molecule has 0 radical (unpaired) electrons. The smallest absolute Gasteiger partial charge is 0.319 e. The largest absolute Gasteiger partial charge is 0.322 e. The van der Waals surface area contributed by atoms with Crippen LogP contribution in [0.15, 0.2) is 36.7 Å². The zero-order chi connectivity index (χ0) is 19.3. The average Bonchev–Trinajstić information content (AvgIpc) is 3.02. The number of carbonyl (C=O) groups is 1. The molecule has 5 rings (SSSR count). The Kier molecular flexibility index (Phi) is 3.97. The first-order chi connectivity index (χ1) is 13.6. The number of hydrogen-bond donors (Lipinski definition) is 2. The summed E-state index contributed by atoms with van der Waals surface area (Å²) in [5.74, 6) is -0.473. The number of fused-ring (bicyclic) bond motifs is 1. The molecule has 2 fully saturated rings. The van der Waals surface area contributed by atoms with E-state index >= 15 is 0 Å². The van der Waals surface area contributed by atoms with Crippen molar-refractivity contribution in [3.05, 3.63) is 48.0 Å². The quantitative estimate of drug-likeness (QED) is 0.728. The molecule has 1 aromatic carbocycles. The highest BCUT2D eigenvalue weighted by Gasteiger charge is 2.30. The van der Waals surface area contributed by atoms with Gasteiger partial charge in [-0.05, 0) is 42.8 Å². The van der Waals surface area contributed by atoms with Crippen LogP contribution < -0.4 is 10.6 Å². The van der Waals surface area contributed by atoms with E-state index < -0.39 is 18.0 Å². The van der Waals surface area contributed by atoms with Gasteiger partial charge < -0.3 is 15.5 Å². The molecule has 4 heterocycles. The van der Waals surface area contributed by atoms with Gasteiger partial charge in [0.15, 0.2) is 5.65 Å². The van der Waals surface area contributed by atoms with Crippen molar-refractivity contribution in [3.63, 3.8) is 0 Å². The molecule has 2 saturated heterocycles. The molecule has 2 aromatic heterocycles. The highest BCUT2D eigenvalue weighted by atomic mass is 19.1. The van der Waals surface area contributed by atoms with Gasteiger partial charge in [-0.3, -0.25) is 0 Å². The van der Waals surface area contributed by atoms with Gasteiger partial charge >= 0.3 is 6.03 Å². The third-order valence-electron chi connectivity index (χ3n) is 5.17. The second-order valence-corrected chi connectivity index (χ2v) is 7.15. The van der Waals surface area contributed by atoms with Crippen LogP contribution in [-0.4, -0.2) is 51.5 Å². The molecule has 0 aliphatic carbocycles. The summed E-state index contributed by atoms with van der Waals surface area (Å²) in [6.45, 7) is 1.15. The van der Waals surface area contributed by atoms with Crippen molar-refractivity contribution in [1.82, 2.24) is 25.0 Å². The average molecular weight is 384 g/mol. The van der Waals surface area contributed by atoms with Gasteiger partial charge in [0.2, 0.25) is 0 Å². The van der Waals surface area contributed by atoms with Crippen LogP contribution in [0.5, 0.6) is 0 Å². The topological polar surface area (TPSA) is 75.1 Å². The number of urea groups is 1. The summed E-state index contributed by atoms with van der Waals surface area (Å²) >= 11 is 0. The number of benzene rings is 1. The van der Waals surface area contributed by atoms with Crippen molar-refractivity contribution in [3.8, 4) is 5.69 Å². The Hall–Kier alpha value is -3.07. The minimum atomic E-state index is -0.974. The summed E-state index contributed by atoms with van der Waals surface area (Å²) in [6, 6.07) is 6.13. The number of rotatable bonds is 3. The van der Waals surface area contributed by atoms with Crippen LogP contribution >= 0.6 is 0 Å². The maximum absolute atomic E-state index is 14.4. The molecule has 2 aliphatic heterocycles. The van der Waals surface area contributed by atoms with E-state index in [1.807, 2.05) is 6.07 Å². The number of hydrogen-bond acceptors (Lipinski definition) is 4. The number of carbonyl (C=O) groups excluding carboxylic acids is 1. The number of aromatic nitrogens is 3. The zero-order valence-corrected chi connectivity index (χ0v) is 14.9. The summed E-state index contributed by atoms with van der Waals surface area (Å²) in [7, 11) is 0. The maximum Gasteiger partial charge on any atom is 0.322 e. The van der Waals surface area contributed by atoms with Crippen molar-refractivity contribution >= 4 is 22.8 Å². The van der Waals surface area contributed by atoms with Gasteiger partial charge in [-0.1, -0.05) is 0 Å². The maximum atomic E-state index is 14.4. The lowest BCUT2D eigenvalue weighted by Gasteiger charge is -2.34. The summed E-state index contributed by atoms with van der Waals surface area (Å²) in [4.78, 5) is 17.8. The van der Waals surface area contributed by atoms with Crippen molar-refractivity contribution in [2.75, 3.05) is 25.0 Å². The Labute approximate surface area is 159 Å².